The zero-order chi connectivity index (χ0) is 28.2. The van der Waals surface area contributed by atoms with Crippen molar-refractivity contribution in [2.45, 2.75) is 26.8 Å². The average molecular weight is 555 g/mol. The van der Waals surface area contributed by atoms with Crippen molar-refractivity contribution < 1.29 is 12.8 Å². The highest BCUT2D eigenvalue weighted by atomic mass is 32.2. The van der Waals surface area contributed by atoms with Crippen molar-refractivity contribution in [1.29, 1.82) is 0 Å². The van der Waals surface area contributed by atoms with Gasteiger partial charge in [0.1, 0.15) is 17.3 Å². The number of halogens is 1. The Hall–Kier alpha value is -3.90. The first-order valence-corrected chi connectivity index (χ1v) is 14.6. The number of aromatic nitrogens is 3. The van der Waals surface area contributed by atoms with E-state index in [9.17, 15) is 8.42 Å². The van der Waals surface area contributed by atoms with Gasteiger partial charge in [-0.25, -0.2) is 12.8 Å². The van der Waals surface area contributed by atoms with Crippen LogP contribution in [0.2, 0.25) is 0 Å². The van der Waals surface area contributed by atoms with E-state index >= 15 is 4.39 Å². The second-order valence-corrected chi connectivity index (χ2v) is 11.3. The van der Waals surface area contributed by atoms with Gasteiger partial charge in [0.05, 0.1) is 28.7 Å². The molecule has 0 radical (unpaired) electrons. The smallest absolute Gasteiger partial charge is 0.232 e. The number of sulfonamides is 1. The lowest BCUT2D eigenvalue weighted by molar-refractivity contribution is 0.590. The second-order valence-electron chi connectivity index (χ2n) is 9.40. The molecule has 0 aliphatic rings. The van der Waals surface area contributed by atoms with Crippen molar-refractivity contribution >= 4 is 55.6 Å². The molecule has 4 N–H and O–H groups in total. The van der Waals surface area contributed by atoms with Crippen molar-refractivity contribution in [1.82, 2.24) is 20.3 Å². The lowest BCUT2D eigenvalue weighted by Gasteiger charge is -2.28. The van der Waals surface area contributed by atoms with Crippen LogP contribution in [0.4, 0.5) is 38.9 Å². The Morgan fingerprint density at radius 2 is 1.82 bits per heavy atom. The van der Waals surface area contributed by atoms with Crippen molar-refractivity contribution in [2.24, 2.45) is 0 Å². The fourth-order valence-electron chi connectivity index (χ4n) is 4.50. The predicted molar refractivity (Wildman–Crippen MR) is 158 cm³/mol. The Kier molecular flexibility index (Phi) is 8.56. The number of hydrogen-bond acceptors (Lipinski definition) is 8. The number of H-pyrrole nitrogens is 1. The molecular weight excluding hydrogens is 519 g/mol. The van der Waals surface area contributed by atoms with Crippen LogP contribution in [0.15, 0.2) is 54.7 Å². The van der Waals surface area contributed by atoms with Gasteiger partial charge in [-0.3, -0.25) is 4.31 Å². The van der Waals surface area contributed by atoms with Crippen molar-refractivity contribution in [3.05, 3.63) is 60.5 Å². The van der Waals surface area contributed by atoms with Gasteiger partial charge in [0.25, 0.3) is 0 Å². The molecule has 0 saturated heterocycles. The van der Waals surface area contributed by atoms with Gasteiger partial charge in [0, 0.05) is 37.6 Å². The standard InChI is InChI=1S/C27H35FN8O2S/c1-6-35(16-15-29-4)23-12-11-19(17-21(23)28)31-27-33-25-20(13-14-30-25)26(34-27)32-22-9-7-8-10-24(22)36(18(2)3)39(5,37)38/h7-14,17-18,29H,6,15-16H2,1-5H3,(H3,30,31,32,33,34). The van der Waals surface area contributed by atoms with Crippen molar-refractivity contribution in [2.75, 3.05) is 52.8 Å². The lowest BCUT2D eigenvalue weighted by Crippen LogP contribution is -2.36. The number of likely N-dealkylation sites (N-methyl/N-ethyl adjacent to an activating group) is 2. The minimum absolute atomic E-state index is 0.253. The number of nitrogens with zero attached hydrogens (tertiary/aromatic N) is 4. The number of rotatable bonds is 12. The Bertz CT molecular complexity index is 1540. The summed E-state index contributed by atoms with van der Waals surface area (Å²) in [5.41, 5.74) is 2.67. The first-order chi connectivity index (χ1) is 18.6. The lowest BCUT2D eigenvalue weighted by atomic mass is 10.2. The van der Waals surface area contributed by atoms with E-state index in [0.717, 1.165) is 11.9 Å². The summed E-state index contributed by atoms with van der Waals surface area (Å²) in [6.45, 7) is 7.74. The van der Waals surface area contributed by atoms with Crippen LogP contribution in [0.1, 0.15) is 20.8 Å². The molecule has 2 aromatic heterocycles. The van der Waals surface area contributed by atoms with Crippen LogP contribution in [-0.2, 0) is 10.0 Å². The van der Waals surface area contributed by atoms with Crippen LogP contribution in [-0.4, -0.2) is 62.3 Å². The van der Waals surface area contributed by atoms with Crippen LogP contribution in [0.25, 0.3) is 11.0 Å². The molecule has 4 aromatic rings. The van der Waals surface area contributed by atoms with Gasteiger partial charge < -0.3 is 25.8 Å². The van der Waals surface area contributed by atoms with Gasteiger partial charge in [-0.2, -0.15) is 9.97 Å². The third-order valence-electron chi connectivity index (χ3n) is 6.19. The van der Waals surface area contributed by atoms with Crippen molar-refractivity contribution in [3.8, 4) is 0 Å². The number of nitrogens with one attached hydrogen (secondary N) is 4. The Morgan fingerprint density at radius 1 is 1.05 bits per heavy atom. The van der Waals surface area contributed by atoms with E-state index in [1.54, 1.807) is 36.5 Å². The van der Waals surface area contributed by atoms with E-state index in [2.05, 4.69) is 30.9 Å². The third-order valence-corrected chi connectivity index (χ3v) is 7.53. The van der Waals surface area contributed by atoms with Gasteiger partial charge >= 0.3 is 0 Å². The molecule has 0 saturated carbocycles. The van der Waals surface area contributed by atoms with E-state index in [1.165, 1.54) is 16.6 Å². The summed E-state index contributed by atoms with van der Waals surface area (Å²) < 4.78 is 41.6. The van der Waals surface area contributed by atoms with Crippen molar-refractivity contribution in [3.63, 3.8) is 0 Å². The molecule has 208 valence electrons. The number of anilines is 6. The number of para-hydroxylation sites is 2. The Morgan fingerprint density at radius 3 is 2.49 bits per heavy atom. The van der Waals surface area contributed by atoms with Crippen LogP contribution >= 0.6 is 0 Å². The quantitative estimate of drug-likeness (QED) is 0.197. The first kappa shape index (κ1) is 28.1. The maximum absolute atomic E-state index is 15.1. The minimum atomic E-state index is -3.53. The highest BCUT2D eigenvalue weighted by Crippen LogP contribution is 2.34. The summed E-state index contributed by atoms with van der Waals surface area (Å²) in [6.07, 6.45) is 2.93. The SMILES string of the molecule is CCN(CCNC)c1ccc(Nc2nc(Nc3ccccc3N(C(C)C)S(C)(=O)=O)c3cc[nH]c3n2)cc1F. The summed E-state index contributed by atoms with van der Waals surface area (Å²) in [6, 6.07) is 13.6. The molecule has 0 fully saturated rings. The normalized spacial score (nSPS) is 11.7. The van der Waals surface area contributed by atoms with E-state index in [-0.39, 0.29) is 17.8 Å². The fraction of sp³-hybridized carbons (Fsp3) is 0.333. The average Bonchev–Trinajstić information content (AvgIpc) is 3.34. The van der Waals surface area contributed by atoms with E-state index in [1.807, 2.05) is 44.9 Å². The fourth-order valence-corrected chi connectivity index (χ4v) is 5.78. The van der Waals surface area contributed by atoms with Crippen LogP contribution in [0, 0.1) is 5.82 Å². The number of fused-ring (bicyclic) bond motifs is 1. The third kappa shape index (κ3) is 6.40. The summed E-state index contributed by atoms with van der Waals surface area (Å²) in [5, 5.41) is 10.2. The molecule has 0 bridgehead atoms. The summed E-state index contributed by atoms with van der Waals surface area (Å²) in [7, 11) is -1.67. The van der Waals surface area contributed by atoms with Crippen LogP contribution in [0.3, 0.4) is 0 Å². The molecule has 0 aliphatic heterocycles. The summed E-state index contributed by atoms with van der Waals surface area (Å²) in [5.74, 6) is 0.374. The number of benzene rings is 2. The molecule has 0 amide bonds. The van der Waals surface area contributed by atoms with E-state index in [4.69, 9.17) is 0 Å². The van der Waals surface area contributed by atoms with Gasteiger partial charge in [0.15, 0.2) is 0 Å². The zero-order valence-corrected chi connectivity index (χ0v) is 23.6. The van der Waals surface area contributed by atoms with Gasteiger partial charge in [-0.1, -0.05) is 12.1 Å². The Balaban J connectivity index is 1.67. The molecule has 0 aliphatic carbocycles. The molecule has 0 spiro atoms. The zero-order valence-electron chi connectivity index (χ0n) is 22.8. The number of hydrogen-bond donors (Lipinski definition) is 4. The maximum Gasteiger partial charge on any atom is 0.232 e. The molecule has 2 aromatic carbocycles. The second kappa shape index (κ2) is 11.9. The van der Waals surface area contributed by atoms with Gasteiger partial charge in [0.2, 0.25) is 16.0 Å². The van der Waals surface area contributed by atoms with Crippen LogP contribution in [0.5, 0.6) is 0 Å². The minimum Gasteiger partial charge on any atom is -0.368 e. The maximum atomic E-state index is 15.1. The highest BCUT2D eigenvalue weighted by Gasteiger charge is 2.24. The number of aromatic amines is 1. The molecule has 12 heteroatoms. The summed E-state index contributed by atoms with van der Waals surface area (Å²) in [4.78, 5) is 14.2. The molecule has 10 nitrogen and oxygen atoms in total. The topological polar surface area (TPSA) is 118 Å². The molecule has 39 heavy (non-hydrogen) atoms. The van der Waals surface area contributed by atoms with Gasteiger partial charge in [-0.05, 0) is 64.2 Å². The Labute approximate surface area is 228 Å². The highest BCUT2D eigenvalue weighted by molar-refractivity contribution is 7.92. The molecule has 4 rings (SSSR count). The predicted octanol–water partition coefficient (Wildman–Crippen LogP) is 4.80. The van der Waals surface area contributed by atoms with E-state index < -0.39 is 10.0 Å². The molecule has 0 unspecified atom stereocenters. The van der Waals surface area contributed by atoms with Crippen LogP contribution < -0.4 is 25.2 Å². The van der Waals surface area contributed by atoms with E-state index in [0.29, 0.717) is 47.3 Å². The van der Waals surface area contributed by atoms with Gasteiger partial charge in [-0.15, -0.1) is 0 Å². The molecular formula is C27H35FN8O2S. The monoisotopic (exact) mass is 554 g/mol. The first-order valence-electron chi connectivity index (χ1n) is 12.8. The largest absolute Gasteiger partial charge is 0.368 e. The molecule has 2 heterocycles. The summed E-state index contributed by atoms with van der Waals surface area (Å²) >= 11 is 0. The molecule has 0 atom stereocenters.